The molecule has 3 aromatic rings. The van der Waals surface area contributed by atoms with Gasteiger partial charge in [-0.15, -0.1) is 0 Å². The second-order valence-electron chi connectivity index (χ2n) is 8.70. The van der Waals surface area contributed by atoms with Gasteiger partial charge >= 0.3 is 0 Å². The standard InChI is InChI=1S/C27H28N4O2/c28-20-8-11-24-23(16-20)25(27(33)30-24)26(19-4-2-1-3-5-19)29-21-9-6-18(7-10-21)17-31-14-12-22(32)13-15-31/h1-11,16,22,29,32H,12-15,17,28H2,(H,30,33). The lowest BCUT2D eigenvalue weighted by molar-refractivity contribution is -0.110. The molecule has 3 aromatic carbocycles. The van der Waals surface area contributed by atoms with E-state index in [9.17, 15) is 9.90 Å². The van der Waals surface area contributed by atoms with Crippen molar-refractivity contribution >= 4 is 34.2 Å². The molecule has 168 valence electrons. The number of amides is 1. The number of aliphatic hydroxyl groups is 1. The molecule has 2 aliphatic heterocycles. The quantitative estimate of drug-likeness (QED) is 0.353. The van der Waals surface area contributed by atoms with Gasteiger partial charge < -0.3 is 21.5 Å². The van der Waals surface area contributed by atoms with E-state index in [1.807, 2.05) is 54.6 Å². The van der Waals surface area contributed by atoms with Gasteiger partial charge in [-0.05, 0) is 54.3 Å². The summed E-state index contributed by atoms with van der Waals surface area (Å²) >= 11 is 0. The monoisotopic (exact) mass is 440 g/mol. The van der Waals surface area contributed by atoms with Crippen molar-refractivity contribution in [1.29, 1.82) is 0 Å². The summed E-state index contributed by atoms with van der Waals surface area (Å²) in [7, 11) is 0. The van der Waals surface area contributed by atoms with Gasteiger partial charge in [-0.2, -0.15) is 0 Å². The molecule has 0 bridgehead atoms. The largest absolute Gasteiger partial charge is 0.399 e. The molecule has 0 saturated carbocycles. The van der Waals surface area contributed by atoms with Crippen molar-refractivity contribution in [2.45, 2.75) is 25.5 Å². The van der Waals surface area contributed by atoms with Crippen molar-refractivity contribution in [1.82, 2.24) is 4.90 Å². The third-order valence-electron chi connectivity index (χ3n) is 6.29. The Labute approximate surface area is 193 Å². The number of piperidine rings is 1. The van der Waals surface area contributed by atoms with Crippen LogP contribution >= 0.6 is 0 Å². The molecule has 0 atom stereocenters. The van der Waals surface area contributed by atoms with E-state index in [0.29, 0.717) is 11.3 Å². The third kappa shape index (κ3) is 4.62. The van der Waals surface area contributed by atoms with Gasteiger partial charge in [-0.25, -0.2) is 0 Å². The number of benzene rings is 3. The molecule has 1 saturated heterocycles. The van der Waals surface area contributed by atoms with Crippen LogP contribution < -0.4 is 16.4 Å². The van der Waals surface area contributed by atoms with Gasteiger partial charge in [0.1, 0.15) is 0 Å². The smallest absolute Gasteiger partial charge is 0.258 e. The number of likely N-dealkylation sites (tertiary alicyclic amines) is 1. The lowest BCUT2D eigenvalue weighted by Crippen LogP contribution is -2.35. The molecular formula is C27H28N4O2. The Balaban J connectivity index is 1.44. The number of rotatable bonds is 5. The summed E-state index contributed by atoms with van der Waals surface area (Å²) in [6.07, 6.45) is 1.51. The second-order valence-corrected chi connectivity index (χ2v) is 8.70. The van der Waals surface area contributed by atoms with Crippen LogP contribution in [0.3, 0.4) is 0 Å². The Bertz CT molecular complexity index is 1180. The highest BCUT2D eigenvalue weighted by Gasteiger charge is 2.28. The van der Waals surface area contributed by atoms with Gasteiger partial charge in [0.05, 0.1) is 17.4 Å². The summed E-state index contributed by atoms with van der Waals surface area (Å²) in [6, 6.07) is 23.7. The highest BCUT2D eigenvalue weighted by Crippen LogP contribution is 2.38. The summed E-state index contributed by atoms with van der Waals surface area (Å²) in [5.74, 6) is -0.147. The number of anilines is 3. The number of carbonyl (C=O) groups excluding carboxylic acids is 1. The Hall–Kier alpha value is -3.61. The van der Waals surface area contributed by atoms with Crippen molar-refractivity contribution in [3.8, 4) is 0 Å². The third-order valence-corrected chi connectivity index (χ3v) is 6.29. The summed E-state index contributed by atoms with van der Waals surface area (Å²) < 4.78 is 0. The van der Waals surface area contributed by atoms with E-state index in [1.54, 1.807) is 6.07 Å². The van der Waals surface area contributed by atoms with Crippen LogP contribution in [0.1, 0.15) is 29.5 Å². The second kappa shape index (κ2) is 9.10. The molecule has 0 unspecified atom stereocenters. The molecular weight excluding hydrogens is 412 g/mol. The van der Waals surface area contributed by atoms with Crippen LogP contribution in [-0.4, -0.2) is 35.1 Å². The van der Waals surface area contributed by atoms with E-state index in [4.69, 9.17) is 5.73 Å². The molecule has 1 amide bonds. The van der Waals surface area contributed by atoms with Crippen LogP contribution in [0.4, 0.5) is 17.1 Å². The summed E-state index contributed by atoms with van der Waals surface area (Å²) in [6.45, 7) is 2.71. The topological polar surface area (TPSA) is 90.6 Å². The molecule has 2 aliphatic rings. The molecule has 2 heterocycles. The SMILES string of the molecule is Nc1ccc2c(c1)C(=C(Nc1ccc(CN3CCC(O)CC3)cc1)c1ccccc1)C(=O)N2. The zero-order valence-electron chi connectivity index (χ0n) is 18.4. The Morgan fingerprint density at radius 1 is 1.03 bits per heavy atom. The van der Waals surface area contributed by atoms with Crippen molar-refractivity contribution < 1.29 is 9.90 Å². The fraction of sp³-hybridized carbons (Fsp3) is 0.222. The zero-order chi connectivity index (χ0) is 22.8. The van der Waals surface area contributed by atoms with Crippen LogP contribution in [-0.2, 0) is 11.3 Å². The number of nitrogens with zero attached hydrogens (tertiary/aromatic N) is 1. The molecule has 0 radical (unpaired) electrons. The van der Waals surface area contributed by atoms with Gasteiger partial charge in [0, 0.05) is 42.3 Å². The summed E-state index contributed by atoms with van der Waals surface area (Å²) in [5, 5.41) is 16.2. The highest BCUT2D eigenvalue weighted by molar-refractivity contribution is 6.37. The lowest BCUT2D eigenvalue weighted by atomic mass is 9.99. The van der Waals surface area contributed by atoms with Gasteiger partial charge in [0.2, 0.25) is 0 Å². The van der Waals surface area contributed by atoms with E-state index < -0.39 is 0 Å². The Morgan fingerprint density at radius 2 is 1.76 bits per heavy atom. The fourth-order valence-electron chi connectivity index (χ4n) is 4.49. The first-order valence-electron chi connectivity index (χ1n) is 11.3. The molecule has 33 heavy (non-hydrogen) atoms. The van der Waals surface area contributed by atoms with Crippen molar-refractivity contribution in [2.24, 2.45) is 0 Å². The summed E-state index contributed by atoms with van der Waals surface area (Å²) in [4.78, 5) is 15.3. The fourth-order valence-corrected chi connectivity index (χ4v) is 4.49. The van der Waals surface area contributed by atoms with Crippen LogP contribution in [0, 0.1) is 0 Å². The van der Waals surface area contributed by atoms with Gasteiger partial charge in [0.15, 0.2) is 0 Å². The first kappa shape index (κ1) is 21.2. The number of aliphatic hydroxyl groups excluding tert-OH is 1. The molecule has 6 nitrogen and oxygen atoms in total. The van der Waals surface area contributed by atoms with Crippen LogP contribution in [0.25, 0.3) is 11.3 Å². The number of nitrogens with one attached hydrogen (secondary N) is 2. The lowest BCUT2D eigenvalue weighted by Gasteiger charge is -2.29. The average Bonchev–Trinajstić information content (AvgIpc) is 3.15. The maximum Gasteiger partial charge on any atom is 0.258 e. The molecule has 0 aliphatic carbocycles. The number of hydrogen-bond donors (Lipinski definition) is 4. The highest BCUT2D eigenvalue weighted by atomic mass is 16.3. The molecule has 0 aromatic heterocycles. The summed E-state index contributed by atoms with van der Waals surface area (Å²) in [5.41, 5.74) is 12.6. The predicted octanol–water partition coefficient (Wildman–Crippen LogP) is 4.16. The average molecular weight is 441 g/mol. The van der Waals surface area contributed by atoms with E-state index in [-0.39, 0.29) is 12.0 Å². The maximum absolute atomic E-state index is 13.0. The van der Waals surface area contributed by atoms with Crippen molar-refractivity contribution in [3.63, 3.8) is 0 Å². The van der Waals surface area contributed by atoms with Crippen molar-refractivity contribution in [2.75, 3.05) is 29.5 Å². The van der Waals surface area contributed by atoms with E-state index in [0.717, 1.165) is 60.7 Å². The van der Waals surface area contributed by atoms with Crippen LogP contribution in [0.15, 0.2) is 72.8 Å². The number of hydrogen-bond acceptors (Lipinski definition) is 5. The van der Waals surface area contributed by atoms with Gasteiger partial charge in [0.25, 0.3) is 5.91 Å². The van der Waals surface area contributed by atoms with Crippen LogP contribution in [0.5, 0.6) is 0 Å². The number of nitrogen functional groups attached to an aromatic ring is 1. The molecule has 5 N–H and O–H groups in total. The first-order chi connectivity index (χ1) is 16.1. The molecule has 5 rings (SSSR count). The molecule has 0 spiro atoms. The first-order valence-corrected chi connectivity index (χ1v) is 11.3. The minimum absolute atomic E-state index is 0.147. The molecule has 1 fully saturated rings. The maximum atomic E-state index is 13.0. The van der Waals surface area contributed by atoms with E-state index in [2.05, 4.69) is 27.7 Å². The number of fused-ring (bicyclic) bond motifs is 1. The van der Waals surface area contributed by atoms with Crippen LogP contribution in [0.2, 0.25) is 0 Å². The Kier molecular flexibility index (Phi) is 5.86. The Morgan fingerprint density at radius 3 is 2.48 bits per heavy atom. The normalized spacial score (nSPS) is 18.0. The predicted molar refractivity (Wildman–Crippen MR) is 133 cm³/mol. The molecule has 6 heteroatoms. The van der Waals surface area contributed by atoms with Crippen molar-refractivity contribution in [3.05, 3.63) is 89.5 Å². The van der Waals surface area contributed by atoms with E-state index in [1.165, 1.54) is 5.56 Å². The van der Waals surface area contributed by atoms with Gasteiger partial charge in [-0.1, -0.05) is 42.5 Å². The minimum atomic E-state index is -0.162. The minimum Gasteiger partial charge on any atom is -0.399 e. The zero-order valence-corrected chi connectivity index (χ0v) is 18.4. The van der Waals surface area contributed by atoms with Gasteiger partial charge in [-0.3, -0.25) is 9.69 Å². The number of nitrogens with two attached hydrogens (primary N) is 1. The number of carbonyl (C=O) groups is 1. The van der Waals surface area contributed by atoms with E-state index >= 15 is 0 Å².